The molecule has 11 heavy (non-hydrogen) atoms. The van der Waals surface area contributed by atoms with Gasteiger partial charge in [0, 0.05) is 3.57 Å². The van der Waals surface area contributed by atoms with Gasteiger partial charge in [0.25, 0.3) is 0 Å². The van der Waals surface area contributed by atoms with Crippen LogP contribution in [0.3, 0.4) is 0 Å². The first-order valence-corrected chi connectivity index (χ1v) is 4.35. The molecule has 0 aliphatic rings. The molecule has 58 valence electrons. The van der Waals surface area contributed by atoms with Gasteiger partial charge in [-0.05, 0) is 34.7 Å². The van der Waals surface area contributed by atoms with E-state index in [1.54, 1.807) is 12.1 Å². The van der Waals surface area contributed by atoms with Crippen molar-refractivity contribution < 1.29 is 4.39 Å². The molecule has 0 aliphatic carbocycles. The number of rotatable bonds is 1. The van der Waals surface area contributed by atoms with Crippen molar-refractivity contribution >= 4 is 39.8 Å². The molecule has 1 rings (SSSR count). The third kappa shape index (κ3) is 1.87. The molecule has 0 atom stereocenters. The average molecular weight is 281 g/mol. The van der Waals surface area contributed by atoms with Crippen LogP contribution in [-0.4, -0.2) is 4.99 Å². The van der Waals surface area contributed by atoms with Crippen LogP contribution < -0.4 is 5.73 Å². The van der Waals surface area contributed by atoms with Crippen LogP contribution in [0.4, 0.5) is 4.39 Å². The Bertz CT molecular complexity index is 280. The van der Waals surface area contributed by atoms with E-state index in [1.807, 2.05) is 22.6 Å². The molecule has 0 fully saturated rings. The predicted molar refractivity (Wildman–Crippen MR) is 55.0 cm³/mol. The zero-order valence-corrected chi connectivity index (χ0v) is 8.45. The first-order chi connectivity index (χ1) is 5.13. The SMILES string of the molecule is NC(=S)c1c(F)cccc1I. The number of hydrogen-bond donors (Lipinski definition) is 1. The molecule has 1 nitrogen and oxygen atoms in total. The highest BCUT2D eigenvalue weighted by atomic mass is 127. The summed E-state index contributed by atoms with van der Waals surface area (Å²) in [5.41, 5.74) is 5.64. The summed E-state index contributed by atoms with van der Waals surface area (Å²) in [5.74, 6) is -0.357. The number of benzene rings is 1. The molecule has 0 saturated carbocycles. The van der Waals surface area contributed by atoms with E-state index in [1.165, 1.54) is 6.07 Å². The molecule has 1 aromatic rings. The van der Waals surface area contributed by atoms with Crippen molar-refractivity contribution in [2.24, 2.45) is 5.73 Å². The molecule has 0 amide bonds. The molecular formula is C7H5FINS. The highest BCUT2D eigenvalue weighted by molar-refractivity contribution is 14.1. The van der Waals surface area contributed by atoms with E-state index in [0.717, 1.165) is 3.57 Å². The van der Waals surface area contributed by atoms with Crippen LogP contribution in [0.2, 0.25) is 0 Å². The number of hydrogen-bond acceptors (Lipinski definition) is 1. The van der Waals surface area contributed by atoms with Gasteiger partial charge < -0.3 is 5.73 Å². The minimum Gasteiger partial charge on any atom is -0.389 e. The van der Waals surface area contributed by atoms with Crippen molar-refractivity contribution in [3.8, 4) is 0 Å². The molecule has 0 spiro atoms. The third-order valence-corrected chi connectivity index (χ3v) is 2.31. The van der Waals surface area contributed by atoms with Crippen molar-refractivity contribution in [1.29, 1.82) is 0 Å². The van der Waals surface area contributed by atoms with E-state index in [2.05, 4.69) is 12.2 Å². The smallest absolute Gasteiger partial charge is 0.134 e. The second kappa shape index (κ2) is 3.44. The van der Waals surface area contributed by atoms with Gasteiger partial charge in [0.1, 0.15) is 10.8 Å². The monoisotopic (exact) mass is 281 g/mol. The van der Waals surface area contributed by atoms with Crippen LogP contribution in [0.15, 0.2) is 18.2 Å². The van der Waals surface area contributed by atoms with Gasteiger partial charge in [0.05, 0.1) is 5.56 Å². The summed E-state index contributed by atoms with van der Waals surface area (Å²) in [6.45, 7) is 0. The molecule has 1 aromatic carbocycles. The molecule has 0 unspecified atom stereocenters. The van der Waals surface area contributed by atoms with Crippen LogP contribution in [0, 0.1) is 9.39 Å². The van der Waals surface area contributed by atoms with Gasteiger partial charge >= 0.3 is 0 Å². The van der Waals surface area contributed by atoms with E-state index in [4.69, 9.17) is 5.73 Å². The summed E-state index contributed by atoms with van der Waals surface area (Å²) in [7, 11) is 0. The Hall–Kier alpha value is -0.230. The average Bonchev–Trinajstić information content (AvgIpc) is 1.85. The summed E-state index contributed by atoms with van der Waals surface area (Å²) in [6.07, 6.45) is 0. The van der Waals surface area contributed by atoms with Gasteiger partial charge in [-0.15, -0.1) is 0 Å². The number of halogens is 2. The lowest BCUT2D eigenvalue weighted by Gasteiger charge is -2.01. The van der Waals surface area contributed by atoms with Crippen LogP contribution >= 0.6 is 34.8 Å². The lowest BCUT2D eigenvalue weighted by molar-refractivity contribution is 0.624. The second-order valence-electron chi connectivity index (χ2n) is 1.96. The minimum atomic E-state index is -0.357. The predicted octanol–water partition coefficient (Wildman–Crippen LogP) is 2.06. The Morgan fingerprint density at radius 1 is 1.55 bits per heavy atom. The van der Waals surface area contributed by atoms with E-state index in [9.17, 15) is 4.39 Å². The normalized spacial score (nSPS) is 9.64. The Labute approximate surface area is 82.9 Å². The van der Waals surface area contributed by atoms with Crippen molar-refractivity contribution in [1.82, 2.24) is 0 Å². The number of nitrogens with two attached hydrogens (primary N) is 1. The van der Waals surface area contributed by atoms with Crippen LogP contribution in [-0.2, 0) is 0 Å². The van der Waals surface area contributed by atoms with Crippen molar-refractivity contribution in [2.45, 2.75) is 0 Å². The fraction of sp³-hybridized carbons (Fsp3) is 0. The van der Waals surface area contributed by atoms with E-state index >= 15 is 0 Å². The van der Waals surface area contributed by atoms with E-state index in [-0.39, 0.29) is 10.8 Å². The summed E-state index contributed by atoms with van der Waals surface area (Å²) in [4.78, 5) is 0.104. The molecule has 0 radical (unpaired) electrons. The van der Waals surface area contributed by atoms with Gasteiger partial charge in [0.2, 0.25) is 0 Å². The maximum Gasteiger partial charge on any atom is 0.134 e. The van der Waals surface area contributed by atoms with E-state index in [0.29, 0.717) is 5.56 Å². The van der Waals surface area contributed by atoms with Crippen LogP contribution in [0.1, 0.15) is 5.56 Å². The lowest BCUT2D eigenvalue weighted by atomic mass is 10.2. The molecule has 0 bridgehead atoms. The maximum absolute atomic E-state index is 12.9. The lowest BCUT2D eigenvalue weighted by Crippen LogP contribution is -2.13. The van der Waals surface area contributed by atoms with Gasteiger partial charge in [-0.1, -0.05) is 18.3 Å². The number of thiocarbonyl (C=S) groups is 1. The van der Waals surface area contributed by atoms with Crippen LogP contribution in [0.25, 0.3) is 0 Å². The summed E-state index contributed by atoms with van der Waals surface area (Å²) in [5, 5.41) is 0. The third-order valence-electron chi connectivity index (χ3n) is 1.21. The first-order valence-electron chi connectivity index (χ1n) is 2.86. The molecule has 4 heteroatoms. The quantitative estimate of drug-likeness (QED) is 0.630. The van der Waals surface area contributed by atoms with Crippen molar-refractivity contribution in [3.63, 3.8) is 0 Å². The van der Waals surface area contributed by atoms with Crippen molar-refractivity contribution in [2.75, 3.05) is 0 Å². The maximum atomic E-state index is 12.9. The first kappa shape index (κ1) is 8.86. The van der Waals surface area contributed by atoms with E-state index < -0.39 is 0 Å². The Balaban J connectivity index is 3.32. The van der Waals surface area contributed by atoms with Gasteiger partial charge in [0.15, 0.2) is 0 Å². The Kier molecular flexibility index (Phi) is 2.78. The molecule has 0 heterocycles. The Morgan fingerprint density at radius 2 is 2.18 bits per heavy atom. The summed E-state index contributed by atoms with van der Waals surface area (Å²) < 4.78 is 13.7. The molecule has 0 saturated heterocycles. The minimum absolute atomic E-state index is 0.104. The summed E-state index contributed by atoms with van der Waals surface area (Å²) in [6, 6.07) is 4.73. The van der Waals surface area contributed by atoms with Gasteiger partial charge in [-0.25, -0.2) is 4.39 Å². The highest BCUT2D eigenvalue weighted by Gasteiger charge is 2.07. The standard InChI is InChI=1S/C7H5FINS/c8-4-2-1-3-5(9)6(4)7(10)11/h1-3H,(H2,10,11). The van der Waals surface area contributed by atoms with Crippen molar-refractivity contribution in [3.05, 3.63) is 33.1 Å². The van der Waals surface area contributed by atoms with Gasteiger partial charge in [-0.3, -0.25) is 0 Å². The topological polar surface area (TPSA) is 26.0 Å². The summed E-state index contributed by atoms with van der Waals surface area (Å²) >= 11 is 6.66. The molecule has 0 aromatic heterocycles. The molecule has 2 N–H and O–H groups in total. The molecule has 0 aliphatic heterocycles. The second-order valence-corrected chi connectivity index (χ2v) is 3.56. The Morgan fingerprint density at radius 3 is 2.55 bits per heavy atom. The molecular weight excluding hydrogens is 276 g/mol. The highest BCUT2D eigenvalue weighted by Crippen LogP contribution is 2.14. The zero-order valence-electron chi connectivity index (χ0n) is 5.47. The van der Waals surface area contributed by atoms with Gasteiger partial charge in [-0.2, -0.15) is 0 Å². The largest absolute Gasteiger partial charge is 0.389 e. The fourth-order valence-corrected chi connectivity index (χ4v) is 1.88. The zero-order chi connectivity index (χ0) is 8.43. The fourth-order valence-electron chi connectivity index (χ4n) is 0.733. The van der Waals surface area contributed by atoms with Crippen LogP contribution in [0.5, 0.6) is 0 Å².